The summed E-state index contributed by atoms with van der Waals surface area (Å²) in [4.78, 5) is 13.1. The first-order chi connectivity index (χ1) is 14.2. The Labute approximate surface area is 174 Å². The number of nitrogens with one attached hydrogen (secondary N) is 1. The van der Waals surface area contributed by atoms with E-state index in [2.05, 4.69) is 5.32 Å². The second kappa shape index (κ2) is 9.08. The van der Waals surface area contributed by atoms with Crippen LogP contribution in [-0.2, 0) is 21.1 Å². The molecule has 1 aliphatic rings. The minimum Gasteiger partial charge on any atom is -0.492 e. The predicted octanol–water partition coefficient (Wildman–Crippen LogP) is 4.57. The van der Waals surface area contributed by atoms with Gasteiger partial charge in [-0.15, -0.1) is 0 Å². The van der Waals surface area contributed by atoms with E-state index in [-0.39, 0.29) is 19.1 Å². The standard InChI is InChI=1S/C23H26F3NO3/c1-16-12-17(2)14-20(13-16)30-11-8-27-21(28)22(6-9-29-10-7-22)18-4-3-5-19(15-18)23(24,25)26/h3-5,12-15H,6-11H2,1-2H3,(H,27,28). The molecule has 1 heterocycles. The number of benzene rings is 2. The van der Waals surface area contributed by atoms with Crippen molar-refractivity contribution < 1.29 is 27.4 Å². The van der Waals surface area contributed by atoms with Crippen LogP contribution in [0, 0.1) is 13.8 Å². The van der Waals surface area contributed by atoms with Crippen LogP contribution in [0.5, 0.6) is 5.75 Å². The van der Waals surface area contributed by atoms with Crippen molar-refractivity contribution in [2.75, 3.05) is 26.4 Å². The van der Waals surface area contributed by atoms with Crippen molar-refractivity contribution >= 4 is 5.91 Å². The average molecular weight is 421 g/mol. The molecule has 1 fully saturated rings. The van der Waals surface area contributed by atoms with E-state index >= 15 is 0 Å². The normalized spacial score (nSPS) is 16.2. The molecule has 0 saturated carbocycles. The molecular formula is C23H26F3NO3. The molecule has 7 heteroatoms. The summed E-state index contributed by atoms with van der Waals surface area (Å²) in [5.41, 5.74) is 0.740. The Morgan fingerprint density at radius 1 is 1.10 bits per heavy atom. The molecule has 1 amide bonds. The fourth-order valence-corrected chi connectivity index (χ4v) is 3.88. The monoisotopic (exact) mass is 421 g/mol. The number of rotatable bonds is 6. The van der Waals surface area contributed by atoms with Crippen molar-refractivity contribution in [2.24, 2.45) is 0 Å². The molecule has 2 aromatic rings. The largest absolute Gasteiger partial charge is 0.492 e. The molecule has 0 atom stereocenters. The number of halogens is 3. The first-order valence-electron chi connectivity index (χ1n) is 9.96. The van der Waals surface area contributed by atoms with Crippen LogP contribution in [0.25, 0.3) is 0 Å². The van der Waals surface area contributed by atoms with Crippen LogP contribution in [-0.4, -0.2) is 32.3 Å². The maximum Gasteiger partial charge on any atom is 0.416 e. The molecule has 1 saturated heterocycles. The highest BCUT2D eigenvalue weighted by Gasteiger charge is 2.43. The predicted molar refractivity (Wildman–Crippen MR) is 108 cm³/mol. The van der Waals surface area contributed by atoms with E-state index < -0.39 is 17.2 Å². The topological polar surface area (TPSA) is 47.6 Å². The lowest BCUT2D eigenvalue weighted by molar-refractivity contribution is -0.138. The zero-order valence-electron chi connectivity index (χ0n) is 17.1. The molecule has 0 bridgehead atoms. The van der Waals surface area contributed by atoms with E-state index in [1.807, 2.05) is 32.0 Å². The molecule has 162 valence electrons. The van der Waals surface area contributed by atoms with Gasteiger partial charge in [0.25, 0.3) is 0 Å². The van der Waals surface area contributed by atoms with Crippen molar-refractivity contribution in [3.63, 3.8) is 0 Å². The first kappa shape index (κ1) is 22.2. The number of amides is 1. The fraction of sp³-hybridized carbons (Fsp3) is 0.435. The number of hydrogen-bond donors (Lipinski definition) is 1. The Morgan fingerprint density at radius 2 is 1.77 bits per heavy atom. The van der Waals surface area contributed by atoms with Gasteiger partial charge in [-0.2, -0.15) is 13.2 Å². The van der Waals surface area contributed by atoms with Crippen LogP contribution >= 0.6 is 0 Å². The van der Waals surface area contributed by atoms with Crippen molar-refractivity contribution in [1.29, 1.82) is 0 Å². The summed E-state index contributed by atoms with van der Waals surface area (Å²) in [6.07, 6.45) is -3.80. The fourth-order valence-electron chi connectivity index (χ4n) is 3.88. The van der Waals surface area contributed by atoms with Gasteiger partial charge in [0.15, 0.2) is 0 Å². The van der Waals surface area contributed by atoms with Gasteiger partial charge in [-0.25, -0.2) is 0 Å². The van der Waals surface area contributed by atoms with Crippen LogP contribution in [0.3, 0.4) is 0 Å². The molecule has 4 nitrogen and oxygen atoms in total. The zero-order valence-corrected chi connectivity index (χ0v) is 17.1. The Balaban J connectivity index is 1.70. The smallest absolute Gasteiger partial charge is 0.416 e. The summed E-state index contributed by atoms with van der Waals surface area (Å²) in [6, 6.07) is 10.9. The van der Waals surface area contributed by atoms with Crippen molar-refractivity contribution in [1.82, 2.24) is 5.32 Å². The van der Waals surface area contributed by atoms with E-state index in [0.29, 0.717) is 31.6 Å². The van der Waals surface area contributed by atoms with Gasteiger partial charge in [0, 0.05) is 13.2 Å². The molecule has 0 radical (unpaired) electrons. The quantitative estimate of drug-likeness (QED) is 0.696. The maximum atomic E-state index is 13.2. The van der Waals surface area contributed by atoms with Gasteiger partial charge in [0.1, 0.15) is 12.4 Å². The summed E-state index contributed by atoms with van der Waals surface area (Å²) in [6.45, 7) is 5.12. The van der Waals surface area contributed by atoms with Crippen LogP contribution in [0.2, 0.25) is 0 Å². The van der Waals surface area contributed by atoms with E-state index in [0.717, 1.165) is 29.0 Å². The lowest BCUT2D eigenvalue weighted by atomic mass is 9.73. The van der Waals surface area contributed by atoms with Gasteiger partial charge >= 0.3 is 6.18 Å². The second-order valence-electron chi connectivity index (χ2n) is 7.70. The van der Waals surface area contributed by atoms with Crippen LogP contribution < -0.4 is 10.1 Å². The lowest BCUT2D eigenvalue weighted by Crippen LogP contribution is -2.49. The van der Waals surface area contributed by atoms with Crippen LogP contribution in [0.15, 0.2) is 42.5 Å². The molecule has 0 aromatic heterocycles. The molecule has 2 aromatic carbocycles. The van der Waals surface area contributed by atoms with Gasteiger partial charge in [0.05, 0.1) is 17.5 Å². The summed E-state index contributed by atoms with van der Waals surface area (Å²) < 4.78 is 50.6. The van der Waals surface area contributed by atoms with Crippen molar-refractivity contribution in [2.45, 2.75) is 38.3 Å². The zero-order chi connectivity index (χ0) is 21.8. The number of hydrogen-bond acceptors (Lipinski definition) is 3. The highest BCUT2D eigenvalue weighted by Crippen LogP contribution is 2.38. The molecule has 0 unspecified atom stereocenters. The van der Waals surface area contributed by atoms with Crippen LogP contribution in [0.4, 0.5) is 13.2 Å². The Morgan fingerprint density at radius 3 is 2.40 bits per heavy atom. The molecule has 0 spiro atoms. The summed E-state index contributed by atoms with van der Waals surface area (Å²) in [5.74, 6) is 0.426. The van der Waals surface area contributed by atoms with Crippen LogP contribution in [0.1, 0.15) is 35.1 Å². The molecule has 3 rings (SSSR count). The summed E-state index contributed by atoms with van der Waals surface area (Å²) in [7, 11) is 0. The van der Waals surface area contributed by atoms with E-state index in [4.69, 9.17) is 9.47 Å². The SMILES string of the molecule is Cc1cc(C)cc(OCCNC(=O)C2(c3cccc(C(F)(F)F)c3)CCOCC2)c1. The minimum atomic E-state index is -4.46. The summed E-state index contributed by atoms with van der Waals surface area (Å²) >= 11 is 0. The third kappa shape index (κ3) is 5.14. The lowest BCUT2D eigenvalue weighted by Gasteiger charge is -2.36. The van der Waals surface area contributed by atoms with Gasteiger partial charge < -0.3 is 14.8 Å². The number of aryl methyl sites for hydroxylation is 2. The van der Waals surface area contributed by atoms with Crippen molar-refractivity contribution in [3.05, 3.63) is 64.7 Å². The molecular weight excluding hydrogens is 395 g/mol. The van der Waals surface area contributed by atoms with E-state index in [9.17, 15) is 18.0 Å². The second-order valence-corrected chi connectivity index (χ2v) is 7.70. The average Bonchev–Trinajstić information content (AvgIpc) is 2.70. The number of carbonyl (C=O) groups is 1. The van der Waals surface area contributed by atoms with E-state index in [1.54, 1.807) is 6.07 Å². The summed E-state index contributed by atoms with van der Waals surface area (Å²) in [5, 5.41) is 2.85. The molecule has 0 aliphatic carbocycles. The molecule has 1 N–H and O–H groups in total. The maximum absolute atomic E-state index is 13.2. The number of alkyl halides is 3. The highest BCUT2D eigenvalue weighted by atomic mass is 19.4. The van der Waals surface area contributed by atoms with Gasteiger partial charge in [-0.3, -0.25) is 4.79 Å². The third-order valence-corrected chi connectivity index (χ3v) is 5.38. The van der Waals surface area contributed by atoms with Gasteiger partial charge in [-0.05, 0) is 61.6 Å². The number of ether oxygens (including phenoxy) is 2. The Kier molecular flexibility index (Phi) is 6.71. The number of carbonyl (C=O) groups excluding carboxylic acids is 1. The third-order valence-electron chi connectivity index (χ3n) is 5.38. The van der Waals surface area contributed by atoms with Gasteiger partial charge in [-0.1, -0.05) is 24.3 Å². The first-order valence-corrected chi connectivity index (χ1v) is 9.96. The van der Waals surface area contributed by atoms with Gasteiger partial charge in [0.2, 0.25) is 5.91 Å². The highest BCUT2D eigenvalue weighted by molar-refractivity contribution is 5.88. The van der Waals surface area contributed by atoms with E-state index in [1.165, 1.54) is 6.07 Å². The molecule has 1 aliphatic heterocycles. The Bertz CT molecular complexity index is 869. The molecule has 30 heavy (non-hydrogen) atoms. The Hall–Kier alpha value is -2.54. The van der Waals surface area contributed by atoms with Crippen molar-refractivity contribution in [3.8, 4) is 5.75 Å². The minimum absolute atomic E-state index is 0.257.